The normalized spacial score (nSPS) is 17.8. The summed E-state index contributed by atoms with van der Waals surface area (Å²) in [6, 6.07) is 0. The Morgan fingerprint density at radius 1 is 1.58 bits per heavy atom. The van der Waals surface area contributed by atoms with E-state index < -0.39 is 0 Å². The van der Waals surface area contributed by atoms with E-state index in [9.17, 15) is 4.79 Å². The average molecular weight is 238 g/mol. The molecule has 0 bridgehead atoms. The fraction of sp³-hybridized carbons (Fsp3) is 0.500. The Bertz CT molecular complexity index is 204. The van der Waals surface area contributed by atoms with Gasteiger partial charge in [0.2, 0.25) is 0 Å². The molecule has 1 radical (unpaired) electrons. The maximum absolute atomic E-state index is 10.2. The van der Waals surface area contributed by atoms with Gasteiger partial charge in [-0.05, 0) is 25.5 Å². The largest absolute Gasteiger partial charge is 0.419 e. The van der Waals surface area contributed by atoms with E-state index in [1.807, 2.05) is 12.4 Å². The second kappa shape index (κ2) is 6.74. The molecule has 0 heterocycles. The topological polar surface area (TPSA) is 17.1 Å². The van der Waals surface area contributed by atoms with Crippen LogP contribution in [0.5, 0.6) is 0 Å². The molecule has 0 saturated carbocycles. The minimum Gasteiger partial charge on any atom is -0.419 e. The second-order valence-corrected chi connectivity index (χ2v) is 2.95. The summed E-state index contributed by atoms with van der Waals surface area (Å²) in [6.45, 7) is 1.79. The Hall–Kier alpha value is 0.254. The first-order valence-electron chi connectivity index (χ1n) is 4.08. The minimum atomic E-state index is 0. The van der Waals surface area contributed by atoms with Crippen LogP contribution in [0.4, 0.5) is 0 Å². The van der Waals surface area contributed by atoms with Crippen molar-refractivity contribution in [3.8, 4) is 0 Å². The third-order valence-electron chi connectivity index (χ3n) is 1.89. The third kappa shape index (κ3) is 4.32. The number of carbonyl (C=O) groups excluding carboxylic acids is 1. The van der Waals surface area contributed by atoms with E-state index in [1.54, 1.807) is 6.92 Å². The van der Waals surface area contributed by atoms with Crippen LogP contribution in [0.2, 0.25) is 0 Å². The molecule has 0 atom stereocenters. The van der Waals surface area contributed by atoms with Gasteiger partial charge < -0.3 is 4.79 Å². The van der Waals surface area contributed by atoms with E-state index >= 15 is 0 Å². The number of hydrogen-bond acceptors (Lipinski definition) is 1. The van der Waals surface area contributed by atoms with Crippen LogP contribution in [-0.4, -0.2) is 6.29 Å². The zero-order chi connectivity index (χ0) is 8.10. The molecule has 2 heteroatoms. The Morgan fingerprint density at radius 2 is 2.33 bits per heavy atom. The van der Waals surface area contributed by atoms with Gasteiger partial charge in [0.15, 0.2) is 0 Å². The smallest absolute Gasteiger partial charge is 0 e. The van der Waals surface area contributed by atoms with Gasteiger partial charge in [0, 0.05) is 32.7 Å². The molecule has 63 valence electrons. The van der Waals surface area contributed by atoms with Crippen LogP contribution in [-0.2, 0) is 37.5 Å². The van der Waals surface area contributed by atoms with Gasteiger partial charge in [0.25, 0.3) is 0 Å². The summed E-state index contributed by atoms with van der Waals surface area (Å²) < 4.78 is 0. The summed E-state index contributed by atoms with van der Waals surface area (Å²) in [5.41, 5.74) is 2.01. The molecule has 0 aromatic carbocycles. The van der Waals surface area contributed by atoms with Crippen molar-refractivity contribution < 1.29 is 37.5 Å². The fourth-order valence-corrected chi connectivity index (χ4v) is 1.30. The molecule has 12 heavy (non-hydrogen) atoms. The molecule has 0 spiro atoms. The van der Waals surface area contributed by atoms with Crippen LogP contribution >= 0.6 is 0 Å². The molecule has 0 aliphatic heterocycles. The first kappa shape index (κ1) is 12.3. The molecule has 1 rings (SSSR count). The molecule has 1 aliphatic rings. The molecule has 1 nitrogen and oxygen atoms in total. The summed E-state index contributed by atoms with van der Waals surface area (Å²) in [6.07, 6.45) is 10.9. The number of allylic oxidation sites excluding steroid dienone is 4. The quantitative estimate of drug-likeness (QED) is 0.533. The molecular formula is C10H13OY-. The van der Waals surface area contributed by atoms with Crippen LogP contribution in [0.25, 0.3) is 0 Å². The summed E-state index contributed by atoms with van der Waals surface area (Å²) in [5.74, 6) is 0. The molecular weight excluding hydrogens is 225 g/mol. The van der Waals surface area contributed by atoms with Crippen molar-refractivity contribution in [2.45, 2.75) is 32.6 Å². The fourth-order valence-electron chi connectivity index (χ4n) is 1.30. The summed E-state index contributed by atoms with van der Waals surface area (Å²) in [5, 5.41) is 0. The molecule has 0 aromatic heterocycles. The monoisotopic (exact) mass is 238 g/mol. The average Bonchev–Trinajstić information content (AvgIpc) is 2.06. The van der Waals surface area contributed by atoms with Crippen molar-refractivity contribution >= 4 is 6.29 Å². The Kier molecular flexibility index (Phi) is 6.88. The first-order chi connectivity index (χ1) is 5.33. The van der Waals surface area contributed by atoms with Gasteiger partial charge in [-0.2, -0.15) is 5.57 Å². The van der Waals surface area contributed by atoms with Crippen molar-refractivity contribution in [2.24, 2.45) is 0 Å². The van der Waals surface area contributed by atoms with E-state index in [0.29, 0.717) is 5.57 Å². The summed E-state index contributed by atoms with van der Waals surface area (Å²) >= 11 is 0. The first-order valence-corrected chi connectivity index (χ1v) is 4.08. The minimum absolute atomic E-state index is 0. The number of hydrogen-bond donors (Lipinski definition) is 0. The Balaban J connectivity index is 0.00000121. The van der Waals surface area contributed by atoms with Gasteiger partial charge in [0.1, 0.15) is 0 Å². The predicted molar refractivity (Wildman–Crippen MR) is 46.0 cm³/mol. The van der Waals surface area contributed by atoms with Crippen molar-refractivity contribution in [2.75, 3.05) is 0 Å². The SMILES string of the molecule is C/C([C-]=O)=C\C1=CCCCC1.[Y]. The maximum Gasteiger partial charge on any atom is 0 e. The van der Waals surface area contributed by atoms with E-state index in [0.717, 1.165) is 12.8 Å². The predicted octanol–water partition coefficient (Wildman–Crippen LogP) is 2.54. The molecule has 0 amide bonds. The zero-order valence-corrected chi connectivity index (χ0v) is 10.3. The molecule has 0 unspecified atom stereocenters. The number of rotatable bonds is 2. The van der Waals surface area contributed by atoms with Gasteiger partial charge in [-0.15, -0.1) is 5.57 Å². The van der Waals surface area contributed by atoms with Crippen LogP contribution in [0.3, 0.4) is 0 Å². The molecule has 0 N–H and O–H groups in total. The standard InChI is InChI=1S/C10H13O.Y/c1-9(8-11)7-10-5-3-2-4-6-10;/h5,7H,2-4,6H2,1H3;/q-1;/b9-7+;. The van der Waals surface area contributed by atoms with Gasteiger partial charge in [0.05, 0.1) is 0 Å². The van der Waals surface area contributed by atoms with E-state index in [-0.39, 0.29) is 32.7 Å². The van der Waals surface area contributed by atoms with Gasteiger partial charge >= 0.3 is 0 Å². The Morgan fingerprint density at radius 3 is 2.83 bits per heavy atom. The van der Waals surface area contributed by atoms with Crippen molar-refractivity contribution in [1.29, 1.82) is 0 Å². The van der Waals surface area contributed by atoms with Crippen LogP contribution in [0.1, 0.15) is 32.6 Å². The molecule has 0 fully saturated rings. The van der Waals surface area contributed by atoms with Crippen molar-refractivity contribution in [1.82, 2.24) is 0 Å². The van der Waals surface area contributed by atoms with Gasteiger partial charge in [-0.25, -0.2) is 6.08 Å². The Labute approximate surface area is 99.2 Å². The molecule has 0 aromatic rings. The van der Waals surface area contributed by atoms with Crippen molar-refractivity contribution in [3.05, 3.63) is 23.3 Å². The molecule has 1 aliphatic carbocycles. The molecule has 0 saturated heterocycles. The van der Waals surface area contributed by atoms with Crippen LogP contribution in [0.15, 0.2) is 23.3 Å². The van der Waals surface area contributed by atoms with E-state index in [1.165, 1.54) is 18.4 Å². The zero-order valence-electron chi connectivity index (χ0n) is 7.47. The van der Waals surface area contributed by atoms with Crippen LogP contribution < -0.4 is 0 Å². The van der Waals surface area contributed by atoms with E-state index in [2.05, 4.69) is 6.08 Å². The van der Waals surface area contributed by atoms with Gasteiger partial charge in [-0.1, -0.05) is 19.4 Å². The van der Waals surface area contributed by atoms with Crippen LogP contribution in [0, 0.1) is 0 Å². The maximum atomic E-state index is 10.2. The van der Waals surface area contributed by atoms with Crippen molar-refractivity contribution in [3.63, 3.8) is 0 Å². The summed E-state index contributed by atoms with van der Waals surface area (Å²) in [4.78, 5) is 10.2. The van der Waals surface area contributed by atoms with E-state index in [4.69, 9.17) is 0 Å². The second-order valence-electron chi connectivity index (χ2n) is 2.95. The summed E-state index contributed by atoms with van der Waals surface area (Å²) in [7, 11) is 0. The third-order valence-corrected chi connectivity index (χ3v) is 1.89. The van der Waals surface area contributed by atoms with Gasteiger partial charge in [-0.3, -0.25) is 0 Å².